The van der Waals surface area contributed by atoms with E-state index >= 15 is 0 Å². The molecule has 0 radical (unpaired) electrons. The molecule has 0 aromatic carbocycles. The van der Waals surface area contributed by atoms with Crippen molar-refractivity contribution in [1.29, 1.82) is 0 Å². The fraction of sp³-hybridized carbons (Fsp3) is 0.714. The van der Waals surface area contributed by atoms with Crippen molar-refractivity contribution in [1.82, 2.24) is 15.2 Å². The van der Waals surface area contributed by atoms with Crippen LogP contribution in [-0.4, -0.2) is 67.4 Å². The van der Waals surface area contributed by atoms with E-state index in [2.05, 4.69) is 42.0 Å². The SMILES string of the molecule is CCNC(=NCC(c1cccnc1)C(C)C)N1CCOC(C2CCCO2)C1.I. The first-order valence-electron chi connectivity index (χ1n) is 10.4. The van der Waals surface area contributed by atoms with Crippen LogP contribution in [0.25, 0.3) is 0 Å². The van der Waals surface area contributed by atoms with Crippen LogP contribution < -0.4 is 5.32 Å². The molecule has 1 N–H and O–H groups in total. The lowest BCUT2D eigenvalue weighted by Crippen LogP contribution is -2.53. The molecule has 1 aromatic rings. The molecule has 3 rings (SSSR count). The predicted molar refractivity (Wildman–Crippen MR) is 123 cm³/mol. The number of hydrogen-bond acceptors (Lipinski definition) is 4. The number of nitrogens with zero attached hydrogens (tertiary/aromatic N) is 3. The molecule has 3 atom stereocenters. The molecule has 2 aliphatic heterocycles. The smallest absolute Gasteiger partial charge is 0.194 e. The first-order valence-corrected chi connectivity index (χ1v) is 10.4. The Kier molecular flexibility index (Phi) is 9.94. The minimum Gasteiger partial charge on any atom is -0.375 e. The van der Waals surface area contributed by atoms with Gasteiger partial charge in [0.25, 0.3) is 0 Å². The van der Waals surface area contributed by atoms with Gasteiger partial charge in [-0.05, 0) is 37.3 Å². The van der Waals surface area contributed by atoms with Gasteiger partial charge in [0.05, 0.1) is 12.7 Å². The number of nitrogens with one attached hydrogen (secondary N) is 1. The number of aromatic nitrogens is 1. The maximum Gasteiger partial charge on any atom is 0.194 e. The molecule has 0 amide bonds. The van der Waals surface area contributed by atoms with Crippen molar-refractivity contribution in [3.05, 3.63) is 30.1 Å². The molecule has 28 heavy (non-hydrogen) atoms. The summed E-state index contributed by atoms with van der Waals surface area (Å²) in [6, 6.07) is 4.16. The molecule has 0 aliphatic carbocycles. The maximum absolute atomic E-state index is 6.00. The van der Waals surface area contributed by atoms with Gasteiger partial charge in [-0.2, -0.15) is 0 Å². The van der Waals surface area contributed by atoms with Crippen molar-refractivity contribution in [3.8, 4) is 0 Å². The highest BCUT2D eigenvalue weighted by Crippen LogP contribution is 2.25. The highest BCUT2D eigenvalue weighted by molar-refractivity contribution is 14.0. The second-order valence-corrected chi connectivity index (χ2v) is 7.74. The Labute approximate surface area is 186 Å². The average Bonchev–Trinajstić information content (AvgIpc) is 3.23. The van der Waals surface area contributed by atoms with E-state index < -0.39 is 0 Å². The summed E-state index contributed by atoms with van der Waals surface area (Å²) in [5.74, 6) is 1.85. The lowest BCUT2D eigenvalue weighted by Gasteiger charge is -2.37. The quantitative estimate of drug-likeness (QED) is 0.368. The van der Waals surface area contributed by atoms with Gasteiger partial charge in [0.2, 0.25) is 0 Å². The normalized spacial score (nSPS) is 24.1. The van der Waals surface area contributed by atoms with Crippen LogP contribution in [0.3, 0.4) is 0 Å². The van der Waals surface area contributed by atoms with Crippen molar-refractivity contribution in [3.63, 3.8) is 0 Å². The van der Waals surface area contributed by atoms with Gasteiger partial charge in [-0.15, -0.1) is 24.0 Å². The van der Waals surface area contributed by atoms with Crippen molar-refractivity contribution in [2.75, 3.05) is 39.4 Å². The van der Waals surface area contributed by atoms with Crippen LogP contribution in [0.15, 0.2) is 29.5 Å². The second-order valence-electron chi connectivity index (χ2n) is 7.74. The van der Waals surface area contributed by atoms with Crippen LogP contribution in [0.5, 0.6) is 0 Å². The minimum atomic E-state index is 0. The van der Waals surface area contributed by atoms with E-state index in [9.17, 15) is 0 Å². The zero-order valence-corrected chi connectivity index (χ0v) is 19.7. The number of guanidine groups is 1. The van der Waals surface area contributed by atoms with Gasteiger partial charge < -0.3 is 19.7 Å². The van der Waals surface area contributed by atoms with Crippen molar-refractivity contribution >= 4 is 29.9 Å². The Balaban J connectivity index is 0.00000280. The summed E-state index contributed by atoms with van der Waals surface area (Å²) in [6.07, 6.45) is 6.41. The summed E-state index contributed by atoms with van der Waals surface area (Å²) in [6.45, 7) is 11.5. The molecule has 2 aliphatic rings. The molecule has 2 saturated heterocycles. The summed E-state index contributed by atoms with van der Waals surface area (Å²) in [7, 11) is 0. The first kappa shape index (κ1) is 23.3. The van der Waals surface area contributed by atoms with Crippen molar-refractivity contribution < 1.29 is 9.47 Å². The van der Waals surface area contributed by atoms with Crippen molar-refractivity contribution in [2.45, 2.75) is 51.7 Å². The molecule has 158 valence electrons. The predicted octanol–water partition coefficient (Wildman–Crippen LogP) is 3.28. The third-order valence-electron chi connectivity index (χ3n) is 5.46. The van der Waals surface area contributed by atoms with E-state index in [-0.39, 0.29) is 36.2 Å². The van der Waals surface area contributed by atoms with Gasteiger partial charge in [-0.3, -0.25) is 9.98 Å². The Morgan fingerprint density at radius 2 is 2.14 bits per heavy atom. The fourth-order valence-electron chi connectivity index (χ4n) is 3.90. The average molecular weight is 502 g/mol. The zero-order valence-electron chi connectivity index (χ0n) is 17.3. The number of aliphatic imine (C=N–C) groups is 1. The van der Waals surface area contributed by atoms with Crippen LogP contribution in [0, 0.1) is 5.92 Å². The standard InChI is InChI=1S/C21H34N4O2.HI/c1-4-23-21(24-14-18(16(2)3)17-7-5-9-22-13-17)25-10-12-27-20(15-25)19-8-6-11-26-19;/h5,7,9,13,16,18-20H,4,6,8,10-12,14-15H2,1-3H3,(H,23,24);1H. The molecule has 2 fully saturated rings. The molecule has 7 heteroatoms. The summed E-state index contributed by atoms with van der Waals surface area (Å²) < 4.78 is 11.8. The fourth-order valence-corrected chi connectivity index (χ4v) is 3.90. The van der Waals surface area contributed by atoms with E-state index in [1.165, 1.54) is 5.56 Å². The highest BCUT2D eigenvalue weighted by atomic mass is 127. The minimum absolute atomic E-state index is 0. The van der Waals surface area contributed by atoms with Gasteiger partial charge in [0.1, 0.15) is 6.10 Å². The van der Waals surface area contributed by atoms with Crippen LogP contribution in [0.1, 0.15) is 45.1 Å². The second kappa shape index (κ2) is 11.9. The number of hydrogen-bond donors (Lipinski definition) is 1. The number of ether oxygens (including phenoxy) is 2. The maximum atomic E-state index is 6.00. The molecule has 1 aromatic heterocycles. The Morgan fingerprint density at radius 3 is 2.79 bits per heavy atom. The first-order chi connectivity index (χ1) is 13.2. The highest BCUT2D eigenvalue weighted by Gasteiger charge is 2.32. The summed E-state index contributed by atoms with van der Waals surface area (Å²) >= 11 is 0. The lowest BCUT2D eigenvalue weighted by molar-refractivity contribution is -0.0817. The molecular weight excluding hydrogens is 467 g/mol. The summed E-state index contributed by atoms with van der Waals surface area (Å²) in [4.78, 5) is 11.6. The topological polar surface area (TPSA) is 59.0 Å². The number of pyridine rings is 1. The van der Waals surface area contributed by atoms with Crippen LogP contribution in [0.4, 0.5) is 0 Å². The van der Waals surface area contributed by atoms with Crippen molar-refractivity contribution in [2.24, 2.45) is 10.9 Å². The summed E-state index contributed by atoms with van der Waals surface area (Å²) in [5.41, 5.74) is 1.26. The van der Waals surface area contributed by atoms with Crippen LogP contribution in [0.2, 0.25) is 0 Å². The molecule has 6 nitrogen and oxygen atoms in total. The third-order valence-corrected chi connectivity index (χ3v) is 5.46. The molecule has 0 spiro atoms. The van der Waals surface area contributed by atoms with Crippen LogP contribution >= 0.6 is 24.0 Å². The lowest BCUT2D eigenvalue weighted by atomic mass is 9.89. The summed E-state index contributed by atoms with van der Waals surface area (Å²) in [5, 5.41) is 3.47. The van der Waals surface area contributed by atoms with E-state index in [0.717, 1.165) is 58.2 Å². The van der Waals surface area contributed by atoms with Crippen LogP contribution in [-0.2, 0) is 9.47 Å². The van der Waals surface area contributed by atoms with Gasteiger partial charge in [-0.25, -0.2) is 0 Å². The molecule has 3 heterocycles. The number of morpholine rings is 1. The molecule has 3 unspecified atom stereocenters. The Morgan fingerprint density at radius 1 is 1.32 bits per heavy atom. The monoisotopic (exact) mass is 502 g/mol. The molecule has 0 bridgehead atoms. The van der Waals surface area contributed by atoms with E-state index in [1.807, 2.05) is 18.5 Å². The Hall–Kier alpha value is -0.930. The van der Waals surface area contributed by atoms with Gasteiger partial charge in [0, 0.05) is 51.1 Å². The van der Waals surface area contributed by atoms with Gasteiger partial charge in [0.15, 0.2) is 5.96 Å². The van der Waals surface area contributed by atoms with Gasteiger partial charge in [-0.1, -0.05) is 19.9 Å². The zero-order chi connectivity index (χ0) is 19.1. The van der Waals surface area contributed by atoms with E-state index in [4.69, 9.17) is 14.5 Å². The largest absolute Gasteiger partial charge is 0.375 e. The molecular formula is C21H35IN4O2. The third kappa shape index (κ3) is 6.29. The molecule has 0 saturated carbocycles. The van der Waals surface area contributed by atoms with E-state index in [0.29, 0.717) is 11.8 Å². The van der Waals surface area contributed by atoms with E-state index in [1.54, 1.807) is 0 Å². The number of halogens is 1. The number of rotatable bonds is 6. The Bertz CT molecular complexity index is 593. The van der Waals surface area contributed by atoms with Gasteiger partial charge >= 0.3 is 0 Å².